The molecule has 2 unspecified atom stereocenters. The SMILES string of the molecule is CC/C=C/C/C=C/C/C=C/C/C=C/C/C=C/C/C=C/CCC(=O)OC(COCCC(C(=O)O)[N+](C)(C)C)COC(=O)CCCCCCCCCCCCCCC/C=C/C/C=C/C/C=C/CC. The van der Waals surface area contributed by atoms with Crippen LogP contribution < -0.4 is 0 Å². The number of carbonyl (C=O) groups excluding carboxylic acids is 2. The molecule has 0 aliphatic rings. The van der Waals surface area contributed by atoms with Crippen molar-refractivity contribution in [3.63, 3.8) is 0 Å². The molecule has 8 nitrogen and oxygen atoms in total. The van der Waals surface area contributed by atoms with Crippen LogP contribution in [0.3, 0.4) is 0 Å². The van der Waals surface area contributed by atoms with E-state index in [2.05, 4.69) is 111 Å². The molecule has 8 heteroatoms. The zero-order valence-electron chi connectivity index (χ0n) is 42.6. The minimum absolute atomic E-state index is 0.0245. The van der Waals surface area contributed by atoms with Crippen molar-refractivity contribution in [2.75, 3.05) is 41.0 Å². The zero-order valence-corrected chi connectivity index (χ0v) is 42.6. The number of quaternary nitrogens is 1. The van der Waals surface area contributed by atoms with Crippen molar-refractivity contribution < 1.29 is 38.2 Å². The molecule has 0 aromatic heterocycles. The third-order valence-corrected chi connectivity index (χ3v) is 10.9. The van der Waals surface area contributed by atoms with Crippen LogP contribution >= 0.6 is 0 Å². The number of unbranched alkanes of at least 4 members (excludes halogenated alkanes) is 13. The van der Waals surface area contributed by atoms with Crippen molar-refractivity contribution in [3.05, 3.63) is 109 Å². The number of aliphatic carboxylic acids is 1. The molecule has 374 valence electrons. The van der Waals surface area contributed by atoms with Gasteiger partial charge in [-0.3, -0.25) is 9.59 Å². The van der Waals surface area contributed by atoms with Gasteiger partial charge in [0.05, 0.1) is 34.4 Å². The number of carbonyl (C=O) groups is 3. The van der Waals surface area contributed by atoms with Gasteiger partial charge in [-0.05, 0) is 83.5 Å². The van der Waals surface area contributed by atoms with Gasteiger partial charge in [0.25, 0.3) is 0 Å². The van der Waals surface area contributed by atoms with Crippen LogP contribution in [-0.4, -0.2) is 80.6 Å². The Balaban J connectivity index is 4.33. The van der Waals surface area contributed by atoms with Gasteiger partial charge in [-0.15, -0.1) is 0 Å². The number of allylic oxidation sites excluding steroid dienone is 18. The monoisotopic (exact) mass is 919 g/mol. The highest BCUT2D eigenvalue weighted by molar-refractivity contribution is 5.72. The highest BCUT2D eigenvalue weighted by Gasteiger charge is 2.31. The summed E-state index contributed by atoms with van der Waals surface area (Å²) in [6, 6.07) is -0.634. The number of nitrogens with zero attached hydrogens (tertiary/aromatic N) is 1. The van der Waals surface area contributed by atoms with Crippen LogP contribution in [0.15, 0.2) is 109 Å². The molecule has 0 aliphatic carbocycles. The maximum Gasteiger partial charge on any atom is 0.362 e. The van der Waals surface area contributed by atoms with Crippen molar-refractivity contribution >= 4 is 17.9 Å². The van der Waals surface area contributed by atoms with Gasteiger partial charge in [0.2, 0.25) is 0 Å². The summed E-state index contributed by atoms with van der Waals surface area (Å²) in [6.45, 7) is 4.43. The van der Waals surface area contributed by atoms with Crippen LogP contribution in [0.25, 0.3) is 0 Å². The van der Waals surface area contributed by atoms with Crippen molar-refractivity contribution in [1.82, 2.24) is 0 Å². The molecule has 0 amide bonds. The van der Waals surface area contributed by atoms with Gasteiger partial charge < -0.3 is 23.8 Å². The molecular weight excluding hydrogens is 823 g/mol. The normalized spacial score (nSPS) is 13.8. The van der Waals surface area contributed by atoms with Gasteiger partial charge in [0.15, 0.2) is 12.1 Å². The van der Waals surface area contributed by atoms with Gasteiger partial charge in [0, 0.05) is 19.3 Å². The maximum atomic E-state index is 12.8. The van der Waals surface area contributed by atoms with Crippen LogP contribution in [0.5, 0.6) is 0 Å². The van der Waals surface area contributed by atoms with Crippen molar-refractivity contribution in [2.45, 2.75) is 199 Å². The number of hydrogen-bond acceptors (Lipinski definition) is 6. The summed E-state index contributed by atoms with van der Waals surface area (Å²) in [5.41, 5.74) is 0. The van der Waals surface area contributed by atoms with Crippen LogP contribution in [0.1, 0.15) is 187 Å². The fourth-order valence-corrected chi connectivity index (χ4v) is 7.01. The maximum absolute atomic E-state index is 12.8. The average molecular weight is 919 g/mol. The molecule has 0 radical (unpaired) electrons. The summed E-state index contributed by atoms with van der Waals surface area (Å²) < 4.78 is 17.3. The lowest BCUT2D eigenvalue weighted by Gasteiger charge is -2.31. The highest BCUT2D eigenvalue weighted by Crippen LogP contribution is 2.15. The van der Waals surface area contributed by atoms with Crippen LogP contribution in [0.2, 0.25) is 0 Å². The van der Waals surface area contributed by atoms with Gasteiger partial charge in [0.1, 0.15) is 6.61 Å². The first kappa shape index (κ1) is 62.0. The Hall–Kier alpha value is -4.01. The summed E-state index contributed by atoms with van der Waals surface area (Å²) in [5, 5.41) is 9.66. The second-order valence-corrected chi connectivity index (χ2v) is 18.0. The smallest absolute Gasteiger partial charge is 0.362 e. The third-order valence-electron chi connectivity index (χ3n) is 10.9. The Labute approximate surface area is 404 Å². The summed E-state index contributed by atoms with van der Waals surface area (Å²) in [7, 11) is 5.50. The second-order valence-electron chi connectivity index (χ2n) is 18.0. The van der Waals surface area contributed by atoms with E-state index < -0.39 is 24.1 Å². The molecule has 2 atom stereocenters. The average Bonchev–Trinajstić information content (AvgIpc) is 3.28. The Bertz CT molecular complexity index is 1440. The molecule has 0 fully saturated rings. The van der Waals surface area contributed by atoms with Crippen molar-refractivity contribution in [1.29, 1.82) is 0 Å². The molecule has 0 aliphatic heterocycles. The summed E-state index contributed by atoms with van der Waals surface area (Å²) >= 11 is 0. The number of esters is 2. The van der Waals surface area contributed by atoms with Gasteiger partial charge in [-0.25, -0.2) is 4.79 Å². The molecule has 0 bridgehead atoms. The number of carboxylic acids is 1. The standard InChI is InChI=1S/C58H95NO7/c1-6-8-10-12-14-16-18-20-22-24-26-27-28-29-31-32-34-36-38-40-42-44-46-48-56(60)65-53-54(52-64-51-50-55(58(62)63)59(3,4)5)66-57(61)49-47-45-43-41-39-37-35-33-30-25-23-21-19-17-15-13-11-9-7-2/h8-11,14-17,20-23,30,33,37,39,43,45,54-55H,6-7,12-13,18-19,24-29,31-32,34-36,38,40-42,44,46-53H2,1-5H3/p+1/b10-8+,11-9+,16-14+,17-15+,22-20+,23-21+,33-30+,39-37+,45-43+. The molecule has 0 rings (SSSR count). The summed E-state index contributed by atoms with van der Waals surface area (Å²) in [5.74, 6) is -1.58. The van der Waals surface area contributed by atoms with E-state index in [1.807, 2.05) is 33.3 Å². The quantitative estimate of drug-likeness (QED) is 0.0281. The highest BCUT2D eigenvalue weighted by atomic mass is 16.6. The van der Waals surface area contributed by atoms with E-state index in [0.717, 1.165) is 77.0 Å². The van der Waals surface area contributed by atoms with Gasteiger partial charge in [-0.1, -0.05) is 194 Å². The molecule has 1 N–H and O–H groups in total. The van der Waals surface area contributed by atoms with Gasteiger partial charge in [-0.2, -0.15) is 0 Å². The fraction of sp³-hybridized carbons (Fsp3) is 0.638. The lowest BCUT2D eigenvalue weighted by atomic mass is 10.0. The Morgan fingerprint density at radius 3 is 1.24 bits per heavy atom. The summed E-state index contributed by atoms with van der Waals surface area (Å²) in [4.78, 5) is 37.1. The van der Waals surface area contributed by atoms with Crippen LogP contribution in [0, 0.1) is 0 Å². The van der Waals surface area contributed by atoms with Crippen LogP contribution in [0.4, 0.5) is 0 Å². The predicted octanol–water partition coefficient (Wildman–Crippen LogP) is 15.2. The predicted molar refractivity (Wildman–Crippen MR) is 279 cm³/mol. The van der Waals surface area contributed by atoms with Crippen LogP contribution in [-0.2, 0) is 28.6 Å². The van der Waals surface area contributed by atoms with E-state index in [1.165, 1.54) is 70.6 Å². The minimum atomic E-state index is -0.890. The van der Waals surface area contributed by atoms with E-state index in [4.69, 9.17) is 14.2 Å². The molecule has 0 saturated carbocycles. The summed E-state index contributed by atoms with van der Waals surface area (Å²) in [6.07, 6.45) is 65.9. The van der Waals surface area contributed by atoms with E-state index >= 15 is 0 Å². The first-order valence-corrected chi connectivity index (χ1v) is 25.9. The van der Waals surface area contributed by atoms with E-state index in [9.17, 15) is 19.5 Å². The number of ether oxygens (including phenoxy) is 3. The fourth-order valence-electron chi connectivity index (χ4n) is 7.01. The lowest BCUT2D eigenvalue weighted by molar-refractivity contribution is -0.887. The van der Waals surface area contributed by atoms with Crippen molar-refractivity contribution in [3.8, 4) is 0 Å². The Morgan fingerprint density at radius 1 is 0.455 bits per heavy atom. The minimum Gasteiger partial charge on any atom is -0.477 e. The van der Waals surface area contributed by atoms with Gasteiger partial charge >= 0.3 is 17.9 Å². The zero-order chi connectivity index (χ0) is 48.4. The Kier molecular flexibility index (Phi) is 44.6. The molecule has 66 heavy (non-hydrogen) atoms. The molecule has 0 aromatic carbocycles. The second kappa shape index (κ2) is 47.5. The molecular formula is C58H96NO7+. The number of rotatable bonds is 45. The van der Waals surface area contributed by atoms with E-state index in [-0.39, 0.29) is 36.7 Å². The Morgan fingerprint density at radius 2 is 0.833 bits per heavy atom. The van der Waals surface area contributed by atoms with E-state index in [0.29, 0.717) is 19.3 Å². The van der Waals surface area contributed by atoms with E-state index in [1.54, 1.807) is 0 Å². The molecule has 0 heterocycles. The number of hydrogen-bond donors (Lipinski definition) is 1. The molecule has 0 spiro atoms. The third kappa shape index (κ3) is 45.2. The lowest BCUT2D eigenvalue weighted by Crippen LogP contribution is -2.50. The number of carboxylic acid groups (broad SMARTS) is 1. The largest absolute Gasteiger partial charge is 0.477 e. The first-order chi connectivity index (χ1) is 32.1. The number of likely N-dealkylation sites (N-methyl/N-ethyl adjacent to an activating group) is 1. The molecule has 0 aromatic rings. The molecule has 0 saturated heterocycles. The van der Waals surface area contributed by atoms with Crippen molar-refractivity contribution in [2.24, 2.45) is 0 Å². The first-order valence-electron chi connectivity index (χ1n) is 25.9. The topological polar surface area (TPSA) is 99.1 Å².